The van der Waals surface area contributed by atoms with Gasteiger partial charge < -0.3 is 30.3 Å². The van der Waals surface area contributed by atoms with Crippen LogP contribution in [0.15, 0.2) is 11.6 Å². The van der Waals surface area contributed by atoms with Crippen molar-refractivity contribution < 1.29 is 39.9 Å². The van der Waals surface area contributed by atoms with Gasteiger partial charge in [0.1, 0.15) is 30.2 Å². The quantitative estimate of drug-likeness (QED) is 0.287. The predicted octanol–water partition coefficient (Wildman–Crippen LogP) is 4.65. The number of hydrogen-bond acceptors (Lipinski definition) is 7. The van der Waals surface area contributed by atoms with Crippen LogP contribution in [0.3, 0.4) is 0 Å². The van der Waals surface area contributed by atoms with Gasteiger partial charge in [0, 0.05) is 11.8 Å². The molecule has 13 atom stereocenters. The second-order valence-corrected chi connectivity index (χ2v) is 17.7. The van der Waals surface area contributed by atoms with Gasteiger partial charge in [-0.15, -0.1) is 0 Å². The molecule has 5 aliphatic carbocycles. The summed E-state index contributed by atoms with van der Waals surface area (Å²) in [5.74, 6) is 0.635. The Labute approximate surface area is 262 Å². The molecule has 0 aromatic heterocycles. The molecule has 0 amide bonds. The van der Waals surface area contributed by atoms with Gasteiger partial charge in [-0.1, -0.05) is 53.2 Å². The summed E-state index contributed by atoms with van der Waals surface area (Å²) in [6.45, 7) is 14.0. The van der Waals surface area contributed by atoms with Crippen LogP contribution in [0.2, 0.25) is 0 Å². The molecular weight excluding hydrogens is 560 g/mol. The number of aliphatic hydroxyl groups excluding tert-OH is 4. The van der Waals surface area contributed by atoms with Gasteiger partial charge in [0.15, 0.2) is 6.10 Å². The van der Waals surface area contributed by atoms with E-state index >= 15 is 0 Å². The Kier molecular flexibility index (Phi) is 7.85. The van der Waals surface area contributed by atoms with Crippen LogP contribution in [0.1, 0.15) is 112 Å². The van der Waals surface area contributed by atoms with E-state index in [-0.39, 0.29) is 33.0 Å². The van der Waals surface area contributed by atoms with Gasteiger partial charge in [0.2, 0.25) is 0 Å². The summed E-state index contributed by atoms with van der Waals surface area (Å²) in [4.78, 5) is 24.8. The van der Waals surface area contributed by atoms with Crippen LogP contribution in [-0.2, 0) is 14.3 Å². The number of aliphatic hydroxyl groups is 4. The van der Waals surface area contributed by atoms with Gasteiger partial charge in [0.25, 0.3) is 0 Å². The normalized spacial score (nSPS) is 50.3. The predicted molar refractivity (Wildman–Crippen MR) is 164 cm³/mol. The Bertz CT molecular complexity index is 1210. The van der Waals surface area contributed by atoms with Crippen molar-refractivity contribution in [1.29, 1.82) is 0 Å². The minimum Gasteiger partial charge on any atom is -0.479 e. The van der Waals surface area contributed by atoms with E-state index in [0.29, 0.717) is 36.4 Å². The first-order valence-electron chi connectivity index (χ1n) is 17.2. The first-order valence-corrected chi connectivity index (χ1v) is 17.2. The highest BCUT2D eigenvalue weighted by Gasteiger charge is 2.65. The highest BCUT2D eigenvalue weighted by molar-refractivity contribution is 5.85. The van der Waals surface area contributed by atoms with Crippen molar-refractivity contribution in [3.05, 3.63) is 11.6 Å². The highest BCUT2D eigenvalue weighted by atomic mass is 16.6. The maximum absolute atomic E-state index is 13.0. The molecule has 0 aromatic rings. The van der Waals surface area contributed by atoms with Gasteiger partial charge in [0.05, 0.1) is 6.10 Å². The van der Waals surface area contributed by atoms with Crippen molar-refractivity contribution in [2.75, 3.05) is 0 Å². The Hall–Kier alpha value is -1.32. The Morgan fingerprint density at radius 2 is 1.59 bits per heavy atom. The SMILES string of the molecule is CC1(C)CC[C@]2(CC(O)[C@@H]3OC(C(=O)O)[C@@H](O)C(O)C3O)CCC3C(=CCC4[C@@]3(C)CCC3C(C)(C)C(=O)CC[C@@]34C)C2C1. The van der Waals surface area contributed by atoms with Crippen LogP contribution in [0.4, 0.5) is 0 Å². The fourth-order valence-electron chi connectivity index (χ4n) is 12.1. The maximum atomic E-state index is 13.0. The lowest BCUT2D eigenvalue weighted by Crippen LogP contribution is -2.63. The molecular formula is C36H56O8. The number of Topliss-reactive ketones (excluding diaryl/α,β-unsaturated/α-hetero) is 1. The first-order chi connectivity index (χ1) is 20.4. The molecule has 0 bridgehead atoms. The van der Waals surface area contributed by atoms with E-state index in [0.717, 1.165) is 57.8 Å². The summed E-state index contributed by atoms with van der Waals surface area (Å²) >= 11 is 0. The fraction of sp³-hybridized carbons (Fsp3) is 0.889. The van der Waals surface area contributed by atoms with E-state index in [1.807, 2.05) is 0 Å². The minimum atomic E-state index is -1.77. The van der Waals surface area contributed by atoms with E-state index in [1.165, 1.54) is 5.57 Å². The van der Waals surface area contributed by atoms with Gasteiger partial charge in [-0.05, 0) is 110 Å². The standard InChI is InChI=1S/C36H56O8/c1-32(2)15-16-36(18-22(37)29-27(40)26(39)28(41)30(44-29)31(42)43)14-9-20-19(21(36)17-32)7-8-24-34(20,5)12-10-23-33(3,4)25(38)11-13-35(23,24)6/h7,20-24,26-30,37,39-41H,8-18H2,1-6H3,(H,42,43)/t20?,21?,22?,23?,24?,26?,27?,28-,29-,30?,34-,35-,36-/m0/s1. The van der Waals surface area contributed by atoms with Gasteiger partial charge in [-0.25, -0.2) is 4.79 Å². The molecule has 1 heterocycles. The Morgan fingerprint density at radius 3 is 2.27 bits per heavy atom. The minimum absolute atomic E-state index is 0.129. The van der Waals surface area contributed by atoms with Crippen LogP contribution < -0.4 is 0 Å². The second kappa shape index (κ2) is 10.6. The number of carboxylic acid groups (broad SMARTS) is 1. The van der Waals surface area contributed by atoms with Crippen molar-refractivity contribution in [2.45, 2.75) is 149 Å². The molecule has 4 saturated carbocycles. The molecule has 0 spiro atoms. The van der Waals surface area contributed by atoms with Gasteiger partial charge in [-0.2, -0.15) is 0 Å². The lowest BCUT2D eigenvalue weighted by Gasteiger charge is -2.67. The van der Waals surface area contributed by atoms with Crippen LogP contribution in [0.5, 0.6) is 0 Å². The third-order valence-corrected chi connectivity index (χ3v) is 14.6. The van der Waals surface area contributed by atoms with E-state index in [2.05, 4.69) is 47.6 Å². The molecule has 6 aliphatic rings. The van der Waals surface area contributed by atoms with Gasteiger partial charge >= 0.3 is 5.97 Å². The van der Waals surface area contributed by atoms with Crippen LogP contribution in [-0.4, -0.2) is 73.9 Å². The molecule has 6 rings (SSSR count). The van der Waals surface area contributed by atoms with Crippen LogP contribution in [0, 0.1) is 50.7 Å². The lowest BCUT2D eigenvalue weighted by molar-refractivity contribution is -0.249. The second-order valence-electron chi connectivity index (χ2n) is 17.7. The summed E-state index contributed by atoms with van der Waals surface area (Å²) in [5, 5.41) is 52.6. The zero-order chi connectivity index (χ0) is 32.2. The van der Waals surface area contributed by atoms with E-state index in [1.54, 1.807) is 0 Å². The highest BCUT2D eigenvalue weighted by Crippen LogP contribution is 2.72. The number of ketones is 1. The summed E-state index contributed by atoms with van der Waals surface area (Å²) in [7, 11) is 0. The largest absolute Gasteiger partial charge is 0.479 e. The van der Waals surface area contributed by atoms with Crippen molar-refractivity contribution >= 4 is 11.8 Å². The lowest BCUT2D eigenvalue weighted by atomic mass is 9.37. The number of fused-ring (bicyclic) bond motifs is 7. The molecule has 0 aromatic carbocycles. The summed E-state index contributed by atoms with van der Waals surface area (Å²) in [6.07, 6.45) is 3.44. The van der Waals surface area contributed by atoms with Crippen LogP contribution >= 0.6 is 0 Å². The summed E-state index contributed by atoms with van der Waals surface area (Å²) in [6, 6.07) is 0. The topological polar surface area (TPSA) is 145 Å². The number of ether oxygens (including phenoxy) is 1. The Balaban J connectivity index is 1.31. The third kappa shape index (κ3) is 4.70. The van der Waals surface area contributed by atoms with Gasteiger partial charge in [-0.3, -0.25) is 4.79 Å². The average molecular weight is 617 g/mol. The fourth-order valence-corrected chi connectivity index (χ4v) is 12.1. The smallest absolute Gasteiger partial charge is 0.335 e. The van der Waals surface area contributed by atoms with E-state index in [4.69, 9.17) is 4.74 Å². The molecule has 44 heavy (non-hydrogen) atoms. The number of rotatable bonds is 4. The van der Waals surface area contributed by atoms with Crippen molar-refractivity contribution in [2.24, 2.45) is 50.7 Å². The van der Waals surface area contributed by atoms with Crippen molar-refractivity contribution in [3.63, 3.8) is 0 Å². The van der Waals surface area contributed by atoms with Crippen LogP contribution in [0.25, 0.3) is 0 Å². The number of carbonyl (C=O) groups excluding carboxylic acids is 1. The molecule has 5 fully saturated rings. The zero-order valence-electron chi connectivity index (χ0n) is 27.6. The maximum Gasteiger partial charge on any atom is 0.335 e. The molecule has 248 valence electrons. The molecule has 8 heteroatoms. The summed E-state index contributed by atoms with van der Waals surface area (Å²) in [5.41, 5.74) is 1.46. The molecule has 8 nitrogen and oxygen atoms in total. The number of aliphatic carboxylic acids is 1. The third-order valence-electron chi connectivity index (χ3n) is 14.6. The van der Waals surface area contributed by atoms with E-state index in [9.17, 15) is 35.1 Å². The molecule has 8 unspecified atom stereocenters. The van der Waals surface area contributed by atoms with Crippen molar-refractivity contribution in [1.82, 2.24) is 0 Å². The monoisotopic (exact) mass is 616 g/mol. The number of carboxylic acids is 1. The molecule has 1 aliphatic heterocycles. The zero-order valence-corrected chi connectivity index (χ0v) is 27.6. The number of carbonyl (C=O) groups is 2. The molecule has 0 radical (unpaired) electrons. The van der Waals surface area contributed by atoms with Crippen molar-refractivity contribution in [3.8, 4) is 0 Å². The summed E-state index contributed by atoms with van der Waals surface area (Å²) < 4.78 is 5.59. The average Bonchev–Trinajstić information content (AvgIpc) is 2.93. The Morgan fingerprint density at radius 1 is 0.886 bits per heavy atom. The first kappa shape index (κ1) is 32.6. The number of hydrogen-bond donors (Lipinski definition) is 5. The van der Waals surface area contributed by atoms with E-state index < -0.39 is 42.6 Å². The molecule has 5 N–H and O–H groups in total. The molecule has 1 saturated heterocycles. The number of allylic oxidation sites excluding steroid dienone is 2.